The Hall–Kier alpha value is -3.46. The molecular weight excluding hydrogens is 332 g/mol. The molecule has 3 aromatic rings. The van der Waals surface area contributed by atoms with Crippen molar-refractivity contribution in [1.82, 2.24) is 0 Å². The fourth-order valence-corrected chi connectivity index (χ4v) is 3.05. The quantitative estimate of drug-likeness (QED) is 0.601. The van der Waals surface area contributed by atoms with E-state index >= 15 is 0 Å². The lowest BCUT2D eigenvalue weighted by atomic mass is 10.1. The zero-order valence-electron chi connectivity index (χ0n) is 15.4. The summed E-state index contributed by atoms with van der Waals surface area (Å²) < 4.78 is 0. The van der Waals surface area contributed by atoms with E-state index in [9.17, 15) is 4.79 Å². The maximum absolute atomic E-state index is 13.2. The molecule has 0 fully saturated rings. The van der Waals surface area contributed by atoms with Crippen LogP contribution in [0.25, 0.3) is 6.08 Å². The van der Waals surface area contributed by atoms with Crippen LogP contribution in [0.5, 0.6) is 0 Å². The molecule has 4 rings (SSSR count). The van der Waals surface area contributed by atoms with Gasteiger partial charge in [0, 0.05) is 5.56 Å². The molecule has 132 valence electrons. The number of amidine groups is 1. The van der Waals surface area contributed by atoms with Crippen molar-refractivity contribution >= 4 is 23.5 Å². The van der Waals surface area contributed by atoms with Crippen LogP contribution in [0.2, 0.25) is 0 Å². The van der Waals surface area contributed by atoms with E-state index in [4.69, 9.17) is 4.99 Å². The van der Waals surface area contributed by atoms with Gasteiger partial charge in [0.05, 0.1) is 5.69 Å². The third-order valence-electron chi connectivity index (χ3n) is 4.57. The van der Waals surface area contributed by atoms with Crippen LogP contribution in [0.1, 0.15) is 22.3 Å². The van der Waals surface area contributed by atoms with Crippen LogP contribution in [-0.4, -0.2) is 11.7 Å². The van der Waals surface area contributed by atoms with Gasteiger partial charge in [-0.05, 0) is 37.6 Å². The Morgan fingerprint density at radius 3 is 2.00 bits per heavy atom. The Morgan fingerprint density at radius 1 is 0.778 bits per heavy atom. The highest BCUT2D eigenvalue weighted by Gasteiger charge is 2.32. The lowest BCUT2D eigenvalue weighted by Crippen LogP contribution is -2.32. The van der Waals surface area contributed by atoms with E-state index in [-0.39, 0.29) is 5.91 Å². The van der Waals surface area contributed by atoms with Gasteiger partial charge in [-0.3, -0.25) is 9.69 Å². The number of anilines is 1. The van der Waals surface area contributed by atoms with Gasteiger partial charge in [-0.2, -0.15) is 0 Å². The van der Waals surface area contributed by atoms with Gasteiger partial charge in [-0.15, -0.1) is 0 Å². The molecule has 0 saturated carbocycles. The van der Waals surface area contributed by atoms with Gasteiger partial charge in [-0.1, -0.05) is 77.9 Å². The smallest absolute Gasteiger partial charge is 0.266 e. The minimum atomic E-state index is -0.113. The van der Waals surface area contributed by atoms with Crippen molar-refractivity contribution in [1.29, 1.82) is 0 Å². The summed E-state index contributed by atoms with van der Waals surface area (Å²) in [6.45, 7) is 4.08. The largest absolute Gasteiger partial charge is 0.282 e. The Morgan fingerprint density at radius 2 is 1.37 bits per heavy atom. The fraction of sp³-hybridized carbons (Fsp3) is 0.0833. The summed E-state index contributed by atoms with van der Waals surface area (Å²) in [5, 5.41) is 0. The highest BCUT2D eigenvalue weighted by Crippen LogP contribution is 2.28. The molecule has 0 atom stereocenters. The number of amides is 1. The van der Waals surface area contributed by atoms with Crippen LogP contribution in [0.15, 0.2) is 89.6 Å². The molecule has 1 aliphatic heterocycles. The van der Waals surface area contributed by atoms with E-state index in [2.05, 4.69) is 0 Å². The van der Waals surface area contributed by atoms with Crippen molar-refractivity contribution in [3.8, 4) is 0 Å². The summed E-state index contributed by atoms with van der Waals surface area (Å²) in [6, 6.07) is 25.8. The van der Waals surface area contributed by atoms with Gasteiger partial charge in [0.1, 0.15) is 11.5 Å². The summed E-state index contributed by atoms with van der Waals surface area (Å²) in [4.78, 5) is 19.6. The number of carbonyl (C=O) groups excluding carboxylic acids is 1. The van der Waals surface area contributed by atoms with Gasteiger partial charge in [0.15, 0.2) is 0 Å². The average Bonchev–Trinajstić information content (AvgIpc) is 3.00. The second-order valence-electron chi connectivity index (χ2n) is 6.72. The Kier molecular flexibility index (Phi) is 4.43. The molecule has 1 heterocycles. The normalized spacial score (nSPS) is 15.3. The molecule has 0 N–H and O–H groups in total. The molecule has 3 nitrogen and oxygen atoms in total. The number of aryl methyl sites for hydroxylation is 2. The molecule has 0 bridgehead atoms. The number of rotatable bonds is 3. The molecule has 0 unspecified atom stereocenters. The van der Waals surface area contributed by atoms with E-state index in [1.54, 1.807) is 4.90 Å². The van der Waals surface area contributed by atoms with E-state index < -0.39 is 0 Å². The molecule has 0 saturated heterocycles. The third kappa shape index (κ3) is 3.44. The van der Waals surface area contributed by atoms with E-state index in [0.717, 1.165) is 22.4 Å². The molecule has 3 aromatic carbocycles. The number of hydrogen-bond acceptors (Lipinski definition) is 2. The monoisotopic (exact) mass is 352 g/mol. The van der Waals surface area contributed by atoms with Gasteiger partial charge >= 0.3 is 0 Å². The average molecular weight is 352 g/mol. The Balaban J connectivity index is 1.82. The van der Waals surface area contributed by atoms with Gasteiger partial charge in [0.25, 0.3) is 5.91 Å². The van der Waals surface area contributed by atoms with Crippen LogP contribution in [0, 0.1) is 13.8 Å². The van der Waals surface area contributed by atoms with E-state index in [1.165, 1.54) is 5.56 Å². The predicted molar refractivity (Wildman–Crippen MR) is 111 cm³/mol. The second-order valence-corrected chi connectivity index (χ2v) is 6.72. The van der Waals surface area contributed by atoms with Crippen molar-refractivity contribution in [3.05, 3.63) is 107 Å². The van der Waals surface area contributed by atoms with Crippen molar-refractivity contribution in [2.75, 3.05) is 4.90 Å². The summed E-state index contributed by atoms with van der Waals surface area (Å²) in [5.74, 6) is 0.546. The highest BCUT2D eigenvalue weighted by atomic mass is 16.2. The molecule has 0 radical (unpaired) electrons. The van der Waals surface area contributed by atoms with Crippen LogP contribution in [0.3, 0.4) is 0 Å². The van der Waals surface area contributed by atoms with Crippen LogP contribution in [-0.2, 0) is 4.79 Å². The van der Waals surface area contributed by atoms with Crippen molar-refractivity contribution in [2.24, 2.45) is 4.99 Å². The van der Waals surface area contributed by atoms with E-state index in [0.29, 0.717) is 11.5 Å². The predicted octanol–water partition coefficient (Wildman–Crippen LogP) is 5.14. The first-order valence-corrected chi connectivity index (χ1v) is 8.95. The molecule has 27 heavy (non-hydrogen) atoms. The lowest BCUT2D eigenvalue weighted by molar-refractivity contribution is -0.113. The molecule has 1 amide bonds. The Labute approximate surface area is 159 Å². The number of hydrogen-bond donors (Lipinski definition) is 0. The zero-order valence-corrected chi connectivity index (χ0v) is 15.4. The summed E-state index contributed by atoms with van der Waals surface area (Å²) >= 11 is 0. The molecule has 1 aliphatic rings. The topological polar surface area (TPSA) is 32.7 Å². The minimum Gasteiger partial charge on any atom is -0.266 e. The van der Waals surface area contributed by atoms with Crippen LogP contribution < -0.4 is 4.90 Å². The van der Waals surface area contributed by atoms with Crippen LogP contribution >= 0.6 is 0 Å². The summed E-state index contributed by atoms with van der Waals surface area (Å²) in [5.41, 5.74) is 5.47. The molecule has 0 aromatic heterocycles. The van der Waals surface area contributed by atoms with E-state index in [1.807, 2.05) is 98.8 Å². The SMILES string of the molecule is Cc1ccc(C2=N/C(=C/c3ccccc3)C(=O)N2c2ccc(C)cc2)cc1. The number of carbonyl (C=O) groups is 1. The van der Waals surface area contributed by atoms with Gasteiger partial charge < -0.3 is 0 Å². The van der Waals surface area contributed by atoms with Gasteiger partial charge in [-0.25, -0.2) is 4.99 Å². The number of nitrogens with zero attached hydrogens (tertiary/aromatic N) is 2. The molecule has 0 aliphatic carbocycles. The fourth-order valence-electron chi connectivity index (χ4n) is 3.05. The Bertz CT molecular complexity index is 1030. The molecule has 3 heteroatoms. The summed E-state index contributed by atoms with van der Waals surface area (Å²) in [7, 11) is 0. The van der Waals surface area contributed by atoms with Crippen molar-refractivity contribution < 1.29 is 4.79 Å². The third-order valence-corrected chi connectivity index (χ3v) is 4.57. The van der Waals surface area contributed by atoms with Crippen LogP contribution in [0.4, 0.5) is 5.69 Å². The maximum Gasteiger partial charge on any atom is 0.282 e. The number of benzene rings is 3. The van der Waals surface area contributed by atoms with Gasteiger partial charge in [0.2, 0.25) is 0 Å². The van der Waals surface area contributed by atoms with Crippen molar-refractivity contribution in [2.45, 2.75) is 13.8 Å². The standard InChI is InChI=1S/C24H20N2O/c1-17-8-12-20(13-9-17)23-25-22(16-19-6-4-3-5-7-19)24(27)26(23)21-14-10-18(2)11-15-21/h3-16H,1-2H3/b22-16+. The first kappa shape index (κ1) is 17.0. The van der Waals surface area contributed by atoms with Crippen molar-refractivity contribution in [3.63, 3.8) is 0 Å². The second kappa shape index (κ2) is 7.04. The minimum absolute atomic E-state index is 0.113. The first-order valence-electron chi connectivity index (χ1n) is 8.95. The maximum atomic E-state index is 13.2. The first-order chi connectivity index (χ1) is 13.1. The number of aliphatic imine (C=N–C) groups is 1. The zero-order chi connectivity index (χ0) is 18.8. The molecular formula is C24H20N2O. The highest BCUT2D eigenvalue weighted by molar-refractivity contribution is 6.33. The lowest BCUT2D eigenvalue weighted by Gasteiger charge is -2.19. The summed E-state index contributed by atoms with van der Waals surface area (Å²) in [6.07, 6.45) is 1.84. The molecule has 0 spiro atoms.